The van der Waals surface area contributed by atoms with Crippen LogP contribution in [0.15, 0.2) is 60.7 Å². The number of benzene rings is 2. The van der Waals surface area contributed by atoms with Gasteiger partial charge in [-0.3, -0.25) is 9.59 Å². The summed E-state index contributed by atoms with van der Waals surface area (Å²) in [7, 11) is 0. The largest absolute Gasteiger partial charge is 0.481 e. The fourth-order valence-electron chi connectivity index (χ4n) is 3.97. The number of rotatable bonds is 4. The minimum absolute atomic E-state index is 0.322. The average molecular weight is 324 g/mol. The normalized spacial score (nSPS) is 26.7. The quantitative estimate of drug-likeness (QED) is 0.899. The van der Waals surface area contributed by atoms with E-state index in [1.165, 1.54) is 0 Å². The lowest BCUT2D eigenvalue weighted by molar-refractivity contribution is -0.151. The number of hydrogen-bond acceptors (Lipinski definition) is 2. The summed E-state index contributed by atoms with van der Waals surface area (Å²) in [6.45, 7) is 0. The van der Waals surface area contributed by atoms with Crippen molar-refractivity contribution in [3.8, 4) is 0 Å². The van der Waals surface area contributed by atoms with Crippen molar-refractivity contribution in [3.63, 3.8) is 0 Å². The van der Waals surface area contributed by atoms with Gasteiger partial charge < -0.3 is 10.2 Å². The second-order valence-corrected chi connectivity index (χ2v) is 6.42. The SMILES string of the molecule is O=C(O)C1CCC(C(=O)O)(c2ccccc2)C(c2ccccc2)C1. The van der Waals surface area contributed by atoms with Crippen LogP contribution in [-0.2, 0) is 15.0 Å². The first-order valence-electron chi connectivity index (χ1n) is 8.12. The van der Waals surface area contributed by atoms with Gasteiger partial charge in [0.15, 0.2) is 0 Å². The molecule has 2 N–H and O–H groups in total. The molecule has 1 aliphatic carbocycles. The Morgan fingerprint density at radius 2 is 1.50 bits per heavy atom. The van der Waals surface area contributed by atoms with E-state index in [0.29, 0.717) is 19.3 Å². The van der Waals surface area contributed by atoms with Crippen LogP contribution in [0, 0.1) is 5.92 Å². The summed E-state index contributed by atoms with van der Waals surface area (Å²) in [5, 5.41) is 19.6. The van der Waals surface area contributed by atoms with Gasteiger partial charge in [0.05, 0.1) is 11.3 Å². The zero-order valence-corrected chi connectivity index (χ0v) is 13.3. The van der Waals surface area contributed by atoms with E-state index in [4.69, 9.17) is 0 Å². The fraction of sp³-hybridized carbons (Fsp3) is 0.300. The van der Waals surface area contributed by atoms with Crippen molar-refractivity contribution < 1.29 is 19.8 Å². The van der Waals surface area contributed by atoms with E-state index in [1.54, 1.807) is 0 Å². The molecule has 3 atom stereocenters. The van der Waals surface area contributed by atoms with E-state index in [9.17, 15) is 19.8 Å². The number of carboxylic acids is 2. The van der Waals surface area contributed by atoms with Crippen molar-refractivity contribution >= 4 is 11.9 Å². The molecule has 1 fully saturated rings. The predicted octanol–water partition coefficient (Wildman–Crippen LogP) is 3.68. The Balaban J connectivity index is 2.14. The topological polar surface area (TPSA) is 74.6 Å². The number of carbonyl (C=O) groups is 2. The number of carboxylic acid groups (broad SMARTS) is 2. The van der Waals surface area contributed by atoms with Crippen molar-refractivity contribution in [1.29, 1.82) is 0 Å². The lowest BCUT2D eigenvalue weighted by atomic mass is 9.58. The maximum absolute atomic E-state index is 12.4. The van der Waals surface area contributed by atoms with Gasteiger partial charge in [0.2, 0.25) is 0 Å². The lowest BCUT2D eigenvalue weighted by Gasteiger charge is -2.43. The fourth-order valence-corrected chi connectivity index (χ4v) is 3.97. The Morgan fingerprint density at radius 3 is 2.04 bits per heavy atom. The third-order valence-corrected chi connectivity index (χ3v) is 5.22. The Morgan fingerprint density at radius 1 is 0.917 bits per heavy atom. The Labute approximate surface area is 140 Å². The molecule has 0 heterocycles. The highest BCUT2D eigenvalue weighted by atomic mass is 16.4. The molecule has 0 aromatic heterocycles. The van der Waals surface area contributed by atoms with Crippen LogP contribution in [0.1, 0.15) is 36.3 Å². The second-order valence-electron chi connectivity index (χ2n) is 6.42. The Hall–Kier alpha value is -2.62. The molecule has 3 unspecified atom stereocenters. The van der Waals surface area contributed by atoms with Gasteiger partial charge in [0, 0.05) is 5.92 Å². The van der Waals surface area contributed by atoms with Crippen molar-refractivity contribution in [2.24, 2.45) is 5.92 Å². The van der Waals surface area contributed by atoms with E-state index in [1.807, 2.05) is 60.7 Å². The maximum Gasteiger partial charge on any atom is 0.314 e. The van der Waals surface area contributed by atoms with Crippen LogP contribution in [0.2, 0.25) is 0 Å². The van der Waals surface area contributed by atoms with Gasteiger partial charge in [0.25, 0.3) is 0 Å². The first-order valence-corrected chi connectivity index (χ1v) is 8.12. The monoisotopic (exact) mass is 324 g/mol. The summed E-state index contributed by atoms with van der Waals surface area (Å²) in [6, 6.07) is 18.6. The van der Waals surface area contributed by atoms with Crippen molar-refractivity contribution in [1.82, 2.24) is 0 Å². The second kappa shape index (κ2) is 6.48. The highest BCUT2D eigenvalue weighted by Crippen LogP contribution is 2.51. The molecule has 3 rings (SSSR count). The van der Waals surface area contributed by atoms with Crippen molar-refractivity contribution in [3.05, 3.63) is 71.8 Å². The highest BCUT2D eigenvalue weighted by molar-refractivity contribution is 5.84. The minimum Gasteiger partial charge on any atom is -0.481 e. The third kappa shape index (κ3) is 2.68. The molecular formula is C20H20O4. The molecule has 24 heavy (non-hydrogen) atoms. The van der Waals surface area contributed by atoms with E-state index in [2.05, 4.69) is 0 Å². The summed E-state index contributed by atoms with van der Waals surface area (Å²) in [6.07, 6.45) is 1.03. The molecule has 0 bridgehead atoms. The van der Waals surface area contributed by atoms with Crippen LogP contribution < -0.4 is 0 Å². The molecule has 0 aliphatic heterocycles. The molecule has 1 aliphatic rings. The maximum atomic E-state index is 12.4. The van der Waals surface area contributed by atoms with E-state index in [-0.39, 0.29) is 5.92 Å². The van der Waals surface area contributed by atoms with Crippen LogP contribution >= 0.6 is 0 Å². The average Bonchev–Trinajstić information content (AvgIpc) is 2.62. The van der Waals surface area contributed by atoms with Gasteiger partial charge in [-0.1, -0.05) is 60.7 Å². The molecular weight excluding hydrogens is 304 g/mol. The summed E-state index contributed by atoms with van der Waals surface area (Å²) in [4.78, 5) is 23.9. The number of hydrogen-bond donors (Lipinski definition) is 2. The zero-order chi connectivity index (χ0) is 17.2. The van der Waals surface area contributed by atoms with Crippen LogP contribution in [0.5, 0.6) is 0 Å². The van der Waals surface area contributed by atoms with Crippen LogP contribution in [0.3, 0.4) is 0 Å². The van der Waals surface area contributed by atoms with E-state index >= 15 is 0 Å². The molecule has 0 saturated heterocycles. The van der Waals surface area contributed by atoms with Crippen molar-refractivity contribution in [2.75, 3.05) is 0 Å². The van der Waals surface area contributed by atoms with Gasteiger partial charge in [-0.15, -0.1) is 0 Å². The molecule has 4 nitrogen and oxygen atoms in total. The van der Waals surface area contributed by atoms with Gasteiger partial charge in [-0.05, 0) is 30.4 Å². The molecule has 0 radical (unpaired) electrons. The first kappa shape index (κ1) is 16.2. The lowest BCUT2D eigenvalue weighted by Crippen LogP contribution is -2.46. The standard InChI is InChI=1S/C20H20O4/c21-18(22)15-11-12-20(19(23)24,16-9-5-2-6-10-16)17(13-15)14-7-3-1-4-8-14/h1-10,15,17H,11-13H2,(H,21,22)(H,23,24). The molecule has 0 spiro atoms. The van der Waals surface area contributed by atoms with E-state index < -0.39 is 23.3 Å². The highest BCUT2D eigenvalue weighted by Gasteiger charge is 2.52. The molecule has 4 heteroatoms. The minimum atomic E-state index is -1.09. The predicted molar refractivity (Wildman–Crippen MR) is 89.9 cm³/mol. The summed E-state index contributed by atoms with van der Waals surface area (Å²) in [5.74, 6) is -2.60. The van der Waals surface area contributed by atoms with E-state index in [0.717, 1.165) is 11.1 Å². The molecule has 2 aromatic rings. The molecule has 2 aromatic carbocycles. The summed E-state index contributed by atoms with van der Waals surface area (Å²) < 4.78 is 0. The van der Waals surface area contributed by atoms with Gasteiger partial charge in [-0.2, -0.15) is 0 Å². The third-order valence-electron chi connectivity index (χ3n) is 5.22. The van der Waals surface area contributed by atoms with Gasteiger partial charge in [0.1, 0.15) is 0 Å². The smallest absolute Gasteiger partial charge is 0.314 e. The van der Waals surface area contributed by atoms with Crippen LogP contribution in [0.25, 0.3) is 0 Å². The molecule has 0 amide bonds. The van der Waals surface area contributed by atoms with Crippen LogP contribution in [-0.4, -0.2) is 22.2 Å². The summed E-state index contributed by atoms with van der Waals surface area (Å²) >= 11 is 0. The Bertz CT molecular complexity index is 726. The molecule has 1 saturated carbocycles. The van der Waals surface area contributed by atoms with Crippen LogP contribution in [0.4, 0.5) is 0 Å². The van der Waals surface area contributed by atoms with Gasteiger partial charge in [-0.25, -0.2) is 0 Å². The zero-order valence-electron chi connectivity index (χ0n) is 13.3. The first-order chi connectivity index (χ1) is 11.6. The molecule has 124 valence electrons. The number of aliphatic carboxylic acids is 2. The summed E-state index contributed by atoms with van der Waals surface area (Å²) in [5.41, 5.74) is 0.541. The van der Waals surface area contributed by atoms with Gasteiger partial charge >= 0.3 is 11.9 Å². The Kier molecular flexibility index (Phi) is 4.38. The van der Waals surface area contributed by atoms with Crippen molar-refractivity contribution in [2.45, 2.75) is 30.6 Å².